The number of rotatable bonds is 9. The molecule has 0 atom stereocenters. The molecule has 0 radical (unpaired) electrons. The summed E-state index contributed by atoms with van der Waals surface area (Å²) in [4.78, 5) is 14.7. The third-order valence-corrected chi connectivity index (χ3v) is 6.81. The highest BCUT2D eigenvalue weighted by molar-refractivity contribution is 6.10. The van der Waals surface area contributed by atoms with Gasteiger partial charge in [-0.3, -0.25) is 10.4 Å². The van der Waals surface area contributed by atoms with Crippen LogP contribution in [-0.2, 0) is 0 Å². The number of nitrogens with zero attached hydrogens (tertiary/aromatic N) is 5. The van der Waals surface area contributed by atoms with Gasteiger partial charge in [0.15, 0.2) is 11.2 Å². The molecule has 0 saturated heterocycles. The predicted molar refractivity (Wildman–Crippen MR) is 156 cm³/mol. The average Bonchev–Trinajstić information content (AvgIpc) is 3.61. The molecule has 1 N–H and O–H groups in total. The van der Waals surface area contributed by atoms with Crippen LogP contribution >= 0.6 is 0 Å². The predicted octanol–water partition coefficient (Wildman–Crippen LogP) is 7.52. The van der Waals surface area contributed by atoms with E-state index in [0.29, 0.717) is 23.2 Å². The van der Waals surface area contributed by atoms with E-state index in [4.69, 9.17) is 23.8 Å². The maximum atomic E-state index is 6.33. The molecule has 0 spiro atoms. The van der Waals surface area contributed by atoms with Crippen molar-refractivity contribution >= 4 is 45.8 Å². The lowest BCUT2D eigenvalue weighted by Gasteiger charge is -2.40. The summed E-state index contributed by atoms with van der Waals surface area (Å²) < 4.78 is 12.6. The molecule has 0 bridgehead atoms. The number of hydrogen-bond acceptors (Lipinski definition) is 7. The van der Waals surface area contributed by atoms with Crippen molar-refractivity contribution in [1.29, 1.82) is 0 Å². The lowest BCUT2D eigenvalue weighted by molar-refractivity contribution is 0.521. The molecule has 1 aliphatic rings. The zero-order chi connectivity index (χ0) is 26.6. The van der Waals surface area contributed by atoms with Gasteiger partial charge >= 0.3 is 12.0 Å². The minimum atomic E-state index is 0.362. The quantitative estimate of drug-likeness (QED) is 0.201. The SMILES string of the molecule is CCCCCCN=C1NN(c2nc3ccccc3o2)N(c2nc3ccccc3o2)C(c2ccccc2)=C1CC. The van der Waals surface area contributed by atoms with Crippen LogP contribution < -0.4 is 15.6 Å². The van der Waals surface area contributed by atoms with Crippen molar-refractivity contribution in [1.82, 2.24) is 15.4 Å². The summed E-state index contributed by atoms with van der Waals surface area (Å²) in [5, 5.41) is 3.67. The first-order valence-electron chi connectivity index (χ1n) is 13.7. The molecular weight excluding hydrogens is 488 g/mol. The van der Waals surface area contributed by atoms with E-state index in [-0.39, 0.29) is 0 Å². The van der Waals surface area contributed by atoms with Crippen LogP contribution in [0.2, 0.25) is 0 Å². The van der Waals surface area contributed by atoms with E-state index in [1.165, 1.54) is 12.8 Å². The van der Waals surface area contributed by atoms with Crippen LogP contribution in [0.3, 0.4) is 0 Å². The fourth-order valence-electron chi connectivity index (χ4n) is 4.86. The Morgan fingerprint density at radius 1 is 0.744 bits per heavy atom. The van der Waals surface area contributed by atoms with Gasteiger partial charge in [0.2, 0.25) is 0 Å². The van der Waals surface area contributed by atoms with Gasteiger partial charge in [0.1, 0.15) is 16.9 Å². The van der Waals surface area contributed by atoms with E-state index in [2.05, 4.69) is 31.4 Å². The molecule has 0 saturated carbocycles. The second kappa shape index (κ2) is 11.0. The zero-order valence-corrected chi connectivity index (χ0v) is 22.3. The molecule has 3 aromatic carbocycles. The van der Waals surface area contributed by atoms with Crippen LogP contribution in [0.1, 0.15) is 51.5 Å². The summed E-state index contributed by atoms with van der Waals surface area (Å²) in [7, 11) is 0. The Kier molecular flexibility index (Phi) is 6.99. The lowest BCUT2D eigenvalue weighted by atomic mass is 10.0. The van der Waals surface area contributed by atoms with Gasteiger partial charge in [-0.1, -0.05) is 87.7 Å². The van der Waals surface area contributed by atoms with Crippen LogP contribution in [0.5, 0.6) is 0 Å². The molecule has 3 heterocycles. The number of fused-ring (bicyclic) bond motifs is 2. The highest BCUT2D eigenvalue weighted by Gasteiger charge is 2.37. The first-order chi connectivity index (χ1) is 19.3. The third-order valence-electron chi connectivity index (χ3n) is 6.81. The Morgan fingerprint density at radius 3 is 2.05 bits per heavy atom. The van der Waals surface area contributed by atoms with E-state index in [1.54, 1.807) is 5.12 Å². The molecule has 6 rings (SSSR count). The second-order valence-corrected chi connectivity index (χ2v) is 9.50. The van der Waals surface area contributed by atoms with Crippen LogP contribution in [-0.4, -0.2) is 22.3 Å². The van der Waals surface area contributed by atoms with E-state index >= 15 is 0 Å². The number of nitrogens with one attached hydrogen (secondary N) is 1. The molecule has 8 nitrogen and oxygen atoms in total. The standard InChI is InChI=1S/C31H32N6O2/c1-3-5-6-14-21-32-29-23(4-2)28(22-15-8-7-9-16-22)36(30-33-24-17-10-12-19-26(24)38-30)37(35-29)31-34-25-18-11-13-20-27(25)39-31/h7-13,15-20H,3-6,14,21H2,1-2H3,(H,32,35). The molecule has 8 heteroatoms. The van der Waals surface area contributed by atoms with Crippen molar-refractivity contribution in [2.75, 3.05) is 16.7 Å². The largest absolute Gasteiger partial charge is 0.422 e. The number of aromatic nitrogens is 2. The topological polar surface area (TPSA) is 82.9 Å². The molecule has 198 valence electrons. The van der Waals surface area contributed by atoms with E-state index < -0.39 is 0 Å². The summed E-state index contributed by atoms with van der Waals surface area (Å²) in [5.74, 6) is 0.794. The minimum absolute atomic E-state index is 0.362. The van der Waals surface area contributed by atoms with Gasteiger partial charge in [0, 0.05) is 17.7 Å². The number of oxazole rings is 2. The molecular formula is C31H32N6O2. The number of anilines is 2. The summed E-state index contributed by atoms with van der Waals surface area (Å²) in [5.41, 5.74) is 9.42. The van der Waals surface area contributed by atoms with Crippen molar-refractivity contribution in [3.8, 4) is 0 Å². The number of amidine groups is 1. The van der Waals surface area contributed by atoms with Crippen LogP contribution in [0.15, 0.2) is 98.3 Å². The van der Waals surface area contributed by atoms with Crippen LogP contribution in [0.25, 0.3) is 27.9 Å². The summed E-state index contributed by atoms with van der Waals surface area (Å²) in [6.07, 6.45) is 5.36. The lowest BCUT2D eigenvalue weighted by Crippen LogP contribution is -2.58. The Hall–Kier alpha value is -4.59. The molecule has 1 aliphatic heterocycles. The number of hydrazine groups is 2. The zero-order valence-electron chi connectivity index (χ0n) is 22.3. The molecule has 39 heavy (non-hydrogen) atoms. The molecule has 0 aliphatic carbocycles. The van der Waals surface area contributed by atoms with Crippen molar-refractivity contribution in [2.45, 2.75) is 46.0 Å². The highest BCUT2D eigenvalue weighted by Crippen LogP contribution is 2.38. The number of aliphatic imine (C=N–C) groups is 1. The Morgan fingerprint density at radius 2 is 1.38 bits per heavy atom. The first-order valence-corrected chi connectivity index (χ1v) is 13.7. The van der Waals surface area contributed by atoms with Gasteiger partial charge in [-0.15, -0.1) is 5.12 Å². The molecule has 0 unspecified atom stereocenters. The summed E-state index contributed by atoms with van der Waals surface area (Å²) in [6.45, 7) is 5.10. The minimum Gasteiger partial charge on any atom is -0.422 e. The van der Waals surface area contributed by atoms with Crippen molar-refractivity contribution in [3.63, 3.8) is 0 Å². The average molecular weight is 521 g/mol. The van der Waals surface area contributed by atoms with Gasteiger partial charge < -0.3 is 8.83 Å². The van der Waals surface area contributed by atoms with Crippen LogP contribution in [0.4, 0.5) is 12.0 Å². The van der Waals surface area contributed by atoms with E-state index in [9.17, 15) is 0 Å². The number of para-hydroxylation sites is 4. The number of unbranched alkanes of at least 4 members (excludes halogenated alkanes) is 3. The maximum Gasteiger partial charge on any atom is 0.338 e. The smallest absolute Gasteiger partial charge is 0.338 e. The highest BCUT2D eigenvalue weighted by atomic mass is 16.4. The first kappa shape index (κ1) is 24.7. The monoisotopic (exact) mass is 520 g/mol. The van der Waals surface area contributed by atoms with E-state index in [0.717, 1.165) is 59.5 Å². The van der Waals surface area contributed by atoms with Gasteiger partial charge in [-0.2, -0.15) is 15.0 Å². The fraction of sp³-hybridized carbons (Fsp3) is 0.258. The molecule has 0 fully saturated rings. The van der Waals surface area contributed by atoms with Crippen molar-refractivity contribution in [3.05, 3.63) is 90.0 Å². The Balaban J connectivity index is 1.55. The Bertz CT molecular complexity index is 1570. The van der Waals surface area contributed by atoms with Gasteiger partial charge in [-0.25, -0.2) is 0 Å². The normalized spacial score (nSPS) is 15.1. The van der Waals surface area contributed by atoms with Crippen molar-refractivity contribution < 1.29 is 8.83 Å². The molecule has 5 aromatic rings. The summed E-state index contributed by atoms with van der Waals surface area (Å²) in [6, 6.07) is 26.5. The fourth-order valence-corrected chi connectivity index (χ4v) is 4.86. The number of hydrogen-bond donors (Lipinski definition) is 1. The van der Waals surface area contributed by atoms with Gasteiger partial charge in [-0.05, 0) is 37.1 Å². The van der Waals surface area contributed by atoms with Gasteiger partial charge in [0.05, 0.1) is 5.70 Å². The number of benzene rings is 3. The van der Waals surface area contributed by atoms with Crippen LogP contribution in [0, 0.1) is 0 Å². The van der Waals surface area contributed by atoms with Crippen molar-refractivity contribution in [2.24, 2.45) is 4.99 Å². The van der Waals surface area contributed by atoms with Gasteiger partial charge in [0.25, 0.3) is 0 Å². The molecule has 2 aromatic heterocycles. The summed E-state index contributed by atoms with van der Waals surface area (Å²) >= 11 is 0. The Labute approximate surface area is 227 Å². The van der Waals surface area contributed by atoms with E-state index in [1.807, 2.05) is 71.7 Å². The third kappa shape index (κ3) is 4.85. The second-order valence-electron chi connectivity index (χ2n) is 9.50. The maximum absolute atomic E-state index is 6.33. The molecule has 0 amide bonds.